The summed E-state index contributed by atoms with van der Waals surface area (Å²) in [5, 5.41) is 0.479. The van der Waals surface area contributed by atoms with Gasteiger partial charge in [0.2, 0.25) is 0 Å². The first-order chi connectivity index (χ1) is 7.91. The summed E-state index contributed by atoms with van der Waals surface area (Å²) in [6, 6.07) is 0. The van der Waals surface area contributed by atoms with E-state index in [4.69, 9.17) is 34.7 Å². The molecule has 0 spiro atoms. The van der Waals surface area contributed by atoms with Gasteiger partial charge in [-0.1, -0.05) is 0 Å². The third kappa shape index (κ3) is 24.7. The van der Waals surface area contributed by atoms with Gasteiger partial charge < -0.3 is 0 Å². The zero-order chi connectivity index (χ0) is 14.9. The van der Waals surface area contributed by atoms with Gasteiger partial charge in [0.25, 0.3) is 0 Å². The number of rotatable bonds is 3. The summed E-state index contributed by atoms with van der Waals surface area (Å²) < 4.78 is 40.0. The number of hydrogen-bond donors (Lipinski definition) is 8. The van der Waals surface area contributed by atoms with E-state index in [2.05, 4.69) is 48.8 Å². The minimum atomic E-state index is -4.67. The van der Waals surface area contributed by atoms with Crippen LogP contribution < -0.4 is 29.4 Å². The molecule has 0 unspecified atom stereocenters. The van der Waals surface area contributed by atoms with Crippen molar-refractivity contribution in [2.24, 2.45) is 17.2 Å². The fourth-order valence-corrected chi connectivity index (χ4v) is 5.65. The normalized spacial score (nSPS) is 9.22. The van der Waals surface area contributed by atoms with Gasteiger partial charge in [-0.05, 0) is 0 Å². The Morgan fingerprint density at radius 3 is 1.17 bits per heavy atom. The standard InChI is InChI=1S/3CH4N2S.H2O4S.Zn/c3*2-1(3)4;1-5(2,3)4;/h3*(H4,2,3,4);(H2,1,2,3,4);/q;;;;+3/p-3. The van der Waals surface area contributed by atoms with Gasteiger partial charge in [0.15, 0.2) is 0 Å². The molecule has 15 heteroatoms. The molecule has 0 heterocycles. The maximum atomic E-state index is 8.74. The minimum absolute atomic E-state index is 0.160. The summed E-state index contributed by atoms with van der Waals surface area (Å²) in [6.45, 7) is 0. The molecule has 0 aromatic heterocycles. The van der Waals surface area contributed by atoms with Crippen molar-refractivity contribution < 1.29 is 34.2 Å². The third-order valence-corrected chi connectivity index (χ3v) is 7.72. The molecule has 0 rings (SSSR count). The van der Waals surface area contributed by atoms with Crippen molar-refractivity contribution in [1.29, 1.82) is 0 Å². The Kier molecular flexibility index (Phi) is 10.5. The zero-order valence-electron chi connectivity index (χ0n) is 8.78. The molecule has 0 bridgehead atoms. The summed E-state index contributed by atoms with van der Waals surface area (Å²) in [5.74, 6) is 0. The third-order valence-electron chi connectivity index (χ3n) is 1.05. The SMILES string of the molecule is NC(=S)[NH][Zn]([NH]C(N)=S)[NH]C(N)=S.O=S(=O)(O)O. The first kappa shape index (κ1) is 19.9. The smallest absolute Gasteiger partial charge is 0.264 e. The van der Waals surface area contributed by atoms with E-state index in [9.17, 15) is 0 Å². The molecule has 11 N–H and O–H groups in total. The Morgan fingerprint density at radius 1 is 0.889 bits per heavy atom. The van der Waals surface area contributed by atoms with Gasteiger partial charge in [0.05, 0.1) is 0 Å². The Morgan fingerprint density at radius 2 is 1.06 bits per heavy atom. The molecule has 0 saturated carbocycles. The molecular formula is C3H11N6O4S4Zn. The van der Waals surface area contributed by atoms with Crippen LogP contribution in [0.2, 0.25) is 0 Å². The van der Waals surface area contributed by atoms with Crippen LogP contribution in [0.1, 0.15) is 0 Å². The quantitative estimate of drug-likeness (QED) is 0.141. The van der Waals surface area contributed by atoms with Crippen LogP contribution in [0.3, 0.4) is 0 Å². The van der Waals surface area contributed by atoms with Crippen molar-refractivity contribution >= 4 is 62.4 Å². The second-order valence-corrected chi connectivity index (χ2v) is 9.27. The van der Waals surface area contributed by atoms with E-state index in [1.54, 1.807) is 0 Å². The van der Waals surface area contributed by atoms with Crippen LogP contribution in [0, 0.1) is 0 Å². The van der Waals surface area contributed by atoms with Crippen LogP contribution in [0.15, 0.2) is 0 Å². The van der Waals surface area contributed by atoms with Gasteiger partial charge in [0, 0.05) is 0 Å². The zero-order valence-corrected chi connectivity index (χ0v) is 15.0. The van der Waals surface area contributed by atoms with Crippen LogP contribution in [-0.4, -0.2) is 32.9 Å². The van der Waals surface area contributed by atoms with Crippen LogP contribution in [0.4, 0.5) is 0 Å². The molecular weight excluding hydrogens is 378 g/mol. The van der Waals surface area contributed by atoms with Crippen LogP contribution in [0.5, 0.6) is 0 Å². The topological polar surface area (TPSA) is 189 Å². The summed E-state index contributed by atoms with van der Waals surface area (Å²) in [6.07, 6.45) is 0. The van der Waals surface area contributed by atoms with Gasteiger partial charge in [-0.15, -0.1) is 0 Å². The van der Waals surface area contributed by atoms with Gasteiger partial charge in [-0.25, -0.2) is 0 Å². The monoisotopic (exact) mass is 387 g/mol. The molecule has 103 valence electrons. The van der Waals surface area contributed by atoms with E-state index in [-0.39, 0.29) is 15.3 Å². The summed E-state index contributed by atoms with van der Waals surface area (Å²) in [5.41, 5.74) is 15.8. The fraction of sp³-hybridized carbons (Fsp3) is 0. The molecule has 0 fully saturated rings. The van der Waals surface area contributed by atoms with Crippen molar-refractivity contribution in [1.82, 2.24) is 12.2 Å². The van der Waals surface area contributed by atoms with Crippen molar-refractivity contribution in [3.63, 3.8) is 0 Å². The van der Waals surface area contributed by atoms with Gasteiger partial charge in [-0.3, -0.25) is 9.11 Å². The number of nitrogens with two attached hydrogens (primary N) is 3. The van der Waals surface area contributed by atoms with Gasteiger partial charge >= 0.3 is 108 Å². The molecule has 0 aromatic rings. The minimum Gasteiger partial charge on any atom is -0.264 e. The molecule has 0 aromatic carbocycles. The molecule has 0 aliphatic carbocycles. The molecule has 0 atom stereocenters. The molecule has 10 nitrogen and oxygen atoms in total. The van der Waals surface area contributed by atoms with Gasteiger partial charge in [0.1, 0.15) is 0 Å². The second kappa shape index (κ2) is 9.49. The Hall–Kier alpha value is -0.437. The summed E-state index contributed by atoms with van der Waals surface area (Å²) >= 11 is 11.3. The van der Waals surface area contributed by atoms with Gasteiger partial charge in [-0.2, -0.15) is 8.42 Å². The van der Waals surface area contributed by atoms with E-state index in [1.165, 1.54) is 0 Å². The van der Waals surface area contributed by atoms with Crippen molar-refractivity contribution in [3.05, 3.63) is 0 Å². The Balaban J connectivity index is 0. The first-order valence-corrected chi connectivity index (χ1v) is 11.1. The van der Waals surface area contributed by atoms with E-state index < -0.39 is 27.1 Å². The largest absolute Gasteiger partial charge is 0.394 e. The predicted molar refractivity (Wildman–Crippen MR) is 73.9 cm³/mol. The average Bonchev–Trinajstić information content (AvgIpc) is 1.94. The molecule has 0 aliphatic rings. The fourth-order valence-electron chi connectivity index (χ4n) is 0.655. The molecule has 0 radical (unpaired) electrons. The average molecular weight is 389 g/mol. The van der Waals surface area contributed by atoms with E-state index in [1.807, 2.05) is 0 Å². The molecule has 0 amide bonds. The van der Waals surface area contributed by atoms with E-state index >= 15 is 0 Å². The van der Waals surface area contributed by atoms with E-state index in [0.717, 1.165) is 0 Å². The number of thiocarbonyl (C=S) groups is 3. The first-order valence-electron chi connectivity index (χ1n) is 3.99. The summed E-state index contributed by atoms with van der Waals surface area (Å²) in [4.78, 5) is 0. The van der Waals surface area contributed by atoms with Crippen molar-refractivity contribution in [2.75, 3.05) is 0 Å². The van der Waals surface area contributed by atoms with Crippen LogP contribution >= 0.6 is 36.7 Å². The predicted octanol–water partition coefficient (Wildman–Crippen LogP) is -2.80. The Labute approximate surface area is 125 Å². The van der Waals surface area contributed by atoms with Crippen molar-refractivity contribution in [3.8, 4) is 0 Å². The van der Waals surface area contributed by atoms with Crippen LogP contribution in [-0.2, 0) is 27.1 Å². The Bertz CT molecular complexity index is 367. The van der Waals surface area contributed by atoms with Crippen LogP contribution in [0.25, 0.3) is 0 Å². The molecule has 0 saturated heterocycles. The van der Waals surface area contributed by atoms with Crippen molar-refractivity contribution in [2.45, 2.75) is 0 Å². The van der Waals surface area contributed by atoms with E-state index in [0.29, 0.717) is 0 Å². The maximum Gasteiger partial charge on any atom is 0.394 e. The second-order valence-electron chi connectivity index (χ2n) is 2.60. The number of nitrogens with one attached hydrogen (secondary N) is 3. The molecule has 18 heavy (non-hydrogen) atoms. The molecule has 0 aliphatic heterocycles. The number of hydrogen-bond acceptors (Lipinski definition) is 5. The summed E-state index contributed by atoms with van der Waals surface area (Å²) in [7, 11) is -4.67. The maximum absolute atomic E-state index is 8.74.